The Morgan fingerprint density at radius 1 is 1.20 bits per heavy atom. The third-order valence-corrected chi connectivity index (χ3v) is 4.70. The molecule has 2 N–H and O–H groups in total. The van der Waals surface area contributed by atoms with Crippen LogP contribution in [0.5, 0.6) is 0 Å². The van der Waals surface area contributed by atoms with Crippen LogP contribution in [0.25, 0.3) is 0 Å². The van der Waals surface area contributed by atoms with Crippen LogP contribution in [0, 0.1) is 12.8 Å². The SMILES string of the molecule is Cc1ccc(NNC(=O)[C@@H]2C[C@@H]2c2ccccc2C(F)(F)F)cc1Cl. The van der Waals surface area contributed by atoms with E-state index in [1.165, 1.54) is 12.1 Å². The van der Waals surface area contributed by atoms with Crippen molar-refractivity contribution in [2.75, 3.05) is 5.43 Å². The first kappa shape index (κ1) is 17.6. The number of hydrazine groups is 1. The second-order valence-electron chi connectivity index (χ2n) is 6.11. The number of aryl methyl sites for hydroxylation is 1. The van der Waals surface area contributed by atoms with Crippen LogP contribution >= 0.6 is 11.6 Å². The number of alkyl halides is 3. The van der Waals surface area contributed by atoms with E-state index < -0.39 is 23.6 Å². The summed E-state index contributed by atoms with van der Waals surface area (Å²) >= 11 is 6.01. The first-order chi connectivity index (χ1) is 11.8. The fourth-order valence-electron chi connectivity index (χ4n) is 2.80. The van der Waals surface area contributed by atoms with Crippen molar-refractivity contribution in [2.45, 2.75) is 25.4 Å². The van der Waals surface area contributed by atoms with Crippen LogP contribution in [0.4, 0.5) is 18.9 Å². The van der Waals surface area contributed by atoms with Gasteiger partial charge in [-0.15, -0.1) is 0 Å². The molecule has 0 aliphatic heterocycles. The minimum atomic E-state index is -4.42. The van der Waals surface area contributed by atoms with Crippen LogP contribution in [-0.4, -0.2) is 5.91 Å². The number of nitrogens with one attached hydrogen (secondary N) is 2. The highest BCUT2D eigenvalue weighted by molar-refractivity contribution is 6.31. The summed E-state index contributed by atoms with van der Waals surface area (Å²) in [5, 5.41) is 0.558. The maximum absolute atomic E-state index is 13.1. The highest BCUT2D eigenvalue weighted by Gasteiger charge is 2.47. The molecule has 1 aliphatic carbocycles. The van der Waals surface area contributed by atoms with Gasteiger partial charge < -0.3 is 0 Å². The van der Waals surface area contributed by atoms with Crippen LogP contribution < -0.4 is 10.9 Å². The summed E-state index contributed by atoms with van der Waals surface area (Å²) < 4.78 is 39.2. The summed E-state index contributed by atoms with van der Waals surface area (Å²) in [6.45, 7) is 1.86. The third kappa shape index (κ3) is 3.90. The molecule has 25 heavy (non-hydrogen) atoms. The van der Waals surface area contributed by atoms with Crippen LogP contribution in [0.3, 0.4) is 0 Å². The Bertz CT molecular complexity index is 807. The van der Waals surface area contributed by atoms with Gasteiger partial charge in [0, 0.05) is 10.9 Å². The zero-order valence-electron chi connectivity index (χ0n) is 13.3. The largest absolute Gasteiger partial charge is 0.416 e. The van der Waals surface area contributed by atoms with Crippen molar-refractivity contribution in [3.05, 3.63) is 64.2 Å². The van der Waals surface area contributed by atoms with Crippen molar-refractivity contribution in [1.29, 1.82) is 0 Å². The molecule has 132 valence electrons. The van der Waals surface area contributed by atoms with Crippen molar-refractivity contribution in [3.8, 4) is 0 Å². The van der Waals surface area contributed by atoms with Gasteiger partial charge in [-0.2, -0.15) is 13.2 Å². The Morgan fingerprint density at radius 3 is 2.60 bits per heavy atom. The molecule has 0 saturated heterocycles. The Labute approximate surface area is 148 Å². The molecule has 0 aromatic heterocycles. The monoisotopic (exact) mass is 368 g/mol. The molecule has 3 rings (SSSR count). The number of carbonyl (C=O) groups excluding carboxylic acids is 1. The summed E-state index contributed by atoms with van der Waals surface area (Å²) in [5.74, 6) is -1.23. The highest BCUT2D eigenvalue weighted by atomic mass is 35.5. The van der Waals surface area contributed by atoms with Crippen molar-refractivity contribution in [1.82, 2.24) is 5.43 Å². The Hall–Kier alpha value is -2.21. The minimum absolute atomic E-state index is 0.175. The smallest absolute Gasteiger partial charge is 0.299 e. The van der Waals surface area contributed by atoms with E-state index >= 15 is 0 Å². The summed E-state index contributed by atoms with van der Waals surface area (Å²) in [6, 6.07) is 10.6. The number of hydrogen-bond acceptors (Lipinski definition) is 2. The molecule has 0 spiro atoms. The average molecular weight is 369 g/mol. The number of anilines is 1. The highest BCUT2D eigenvalue weighted by Crippen LogP contribution is 2.51. The molecular formula is C18H16ClF3N2O. The Kier molecular flexibility index (Phi) is 4.64. The summed E-state index contributed by atoms with van der Waals surface area (Å²) in [7, 11) is 0. The van der Waals surface area contributed by atoms with Gasteiger partial charge in [0.2, 0.25) is 5.91 Å². The molecule has 0 bridgehead atoms. The molecule has 1 amide bonds. The zero-order chi connectivity index (χ0) is 18.2. The fraction of sp³-hybridized carbons (Fsp3) is 0.278. The van der Waals surface area contributed by atoms with Gasteiger partial charge in [0.25, 0.3) is 0 Å². The number of benzene rings is 2. The number of amides is 1. The van der Waals surface area contributed by atoms with Crippen molar-refractivity contribution < 1.29 is 18.0 Å². The van der Waals surface area contributed by atoms with Gasteiger partial charge in [-0.25, -0.2) is 0 Å². The molecule has 0 unspecified atom stereocenters. The van der Waals surface area contributed by atoms with E-state index in [0.29, 0.717) is 17.1 Å². The van der Waals surface area contributed by atoms with E-state index in [1.54, 1.807) is 24.3 Å². The lowest BCUT2D eigenvalue weighted by molar-refractivity contribution is -0.138. The van der Waals surface area contributed by atoms with E-state index in [9.17, 15) is 18.0 Å². The number of hydrogen-bond donors (Lipinski definition) is 2. The average Bonchev–Trinajstić information content (AvgIpc) is 3.35. The number of halogens is 4. The fourth-order valence-corrected chi connectivity index (χ4v) is 2.98. The maximum atomic E-state index is 13.1. The molecule has 1 saturated carbocycles. The van der Waals surface area contributed by atoms with Gasteiger partial charge in [0.1, 0.15) is 0 Å². The van der Waals surface area contributed by atoms with E-state index in [0.717, 1.165) is 11.6 Å². The van der Waals surface area contributed by atoms with Crippen LogP contribution in [0.2, 0.25) is 5.02 Å². The lowest BCUT2D eigenvalue weighted by atomic mass is 10.0. The maximum Gasteiger partial charge on any atom is 0.416 e. The summed E-state index contributed by atoms with van der Waals surface area (Å²) in [4.78, 5) is 12.2. The first-order valence-corrected chi connectivity index (χ1v) is 8.13. The molecule has 2 aromatic rings. The van der Waals surface area contributed by atoms with E-state index in [2.05, 4.69) is 10.9 Å². The van der Waals surface area contributed by atoms with E-state index in [1.807, 2.05) is 6.92 Å². The van der Waals surface area contributed by atoms with E-state index in [4.69, 9.17) is 11.6 Å². The second-order valence-corrected chi connectivity index (χ2v) is 6.52. The topological polar surface area (TPSA) is 41.1 Å². The Balaban J connectivity index is 1.64. The second kappa shape index (κ2) is 6.59. The molecule has 7 heteroatoms. The third-order valence-electron chi connectivity index (χ3n) is 4.29. The summed E-state index contributed by atoms with van der Waals surface area (Å²) in [5.41, 5.74) is 6.30. The van der Waals surface area contributed by atoms with Gasteiger partial charge in [-0.1, -0.05) is 35.9 Å². The van der Waals surface area contributed by atoms with Gasteiger partial charge in [-0.3, -0.25) is 15.6 Å². The number of carbonyl (C=O) groups is 1. The lowest BCUT2D eigenvalue weighted by Crippen LogP contribution is -2.31. The van der Waals surface area contributed by atoms with Crippen molar-refractivity contribution in [3.63, 3.8) is 0 Å². The van der Waals surface area contributed by atoms with Gasteiger partial charge in [-0.05, 0) is 48.6 Å². The molecule has 1 fully saturated rings. The van der Waals surface area contributed by atoms with Gasteiger partial charge >= 0.3 is 6.18 Å². The molecule has 1 aliphatic rings. The van der Waals surface area contributed by atoms with Gasteiger partial charge in [0.05, 0.1) is 11.3 Å². The van der Waals surface area contributed by atoms with Gasteiger partial charge in [0.15, 0.2) is 0 Å². The lowest BCUT2D eigenvalue weighted by Gasteiger charge is -2.13. The normalized spacial score (nSPS) is 19.4. The first-order valence-electron chi connectivity index (χ1n) is 7.75. The van der Waals surface area contributed by atoms with Crippen molar-refractivity contribution >= 4 is 23.2 Å². The standard InChI is InChI=1S/C18H16ClF3N2O/c1-10-6-7-11(8-16(10)19)23-24-17(25)14-9-13(14)12-4-2-3-5-15(12)18(20,21)22/h2-8,13-14,23H,9H2,1H3,(H,24,25)/t13-,14-/m1/s1. The molecule has 3 nitrogen and oxygen atoms in total. The van der Waals surface area contributed by atoms with E-state index in [-0.39, 0.29) is 11.5 Å². The molecule has 0 radical (unpaired) electrons. The van der Waals surface area contributed by atoms with Crippen molar-refractivity contribution in [2.24, 2.45) is 5.92 Å². The Morgan fingerprint density at radius 2 is 1.92 bits per heavy atom. The van der Waals surface area contributed by atoms with Crippen LogP contribution in [0.1, 0.15) is 29.0 Å². The molecule has 2 aromatic carbocycles. The molecule has 2 atom stereocenters. The quantitative estimate of drug-likeness (QED) is 0.752. The van der Waals surface area contributed by atoms with Crippen LogP contribution in [-0.2, 0) is 11.0 Å². The summed E-state index contributed by atoms with van der Waals surface area (Å²) in [6.07, 6.45) is -4.02. The predicted octanol–water partition coefficient (Wildman–Crippen LogP) is 4.91. The molecule has 0 heterocycles. The number of rotatable bonds is 4. The van der Waals surface area contributed by atoms with Crippen LogP contribution in [0.15, 0.2) is 42.5 Å². The minimum Gasteiger partial charge on any atom is -0.299 e. The molecular weight excluding hydrogens is 353 g/mol. The zero-order valence-corrected chi connectivity index (χ0v) is 14.1. The predicted molar refractivity (Wildman–Crippen MR) is 90.2 cm³/mol.